The van der Waals surface area contributed by atoms with Crippen LogP contribution in [0.4, 0.5) is 0 Å². The monoisotopic (exact) mass is 430 g/mol. The predicted octanol–water partition coefficient (Wildman–Crippen LogP) is 3.84. The third kappa shape index (κ3) is 2.65. The Kier molecular flexibility index (Phi) is 3.96. The molecule has 0 spiro atoms. The van der Waals surface area contributed by atoms with Gasteiger partial charge in [0.2, 0.25) is 4.73 Å². The standard InChI is InChI=1S/C18H15BrN4O2S/c1-12-3-7-16(8-4-12)26(24,25)22-10-9-14-5-6-15(11-17(14)22)23-13(2)20-21-18(23)19/h3-11H,1-2H3. The largest absolute Gasteiger partial charge is 0.274 e. The average Bonchev–Trinajstić information content (AvgIpc) is 3.18. The number of fused-ring (bicyclic) bond motifs is 1. The van der Waals surface area contributed by atoms with Crippen molar-refractivity contribution in [3.63, 3.8) is 0 Å². The molecule has 0 aliphatic heterocycles. The Morgan fingerprint density at radius 2 is 1.69 bits per heavy atom. The normalized spacial score (nSPS) is 12.0. The summed E-state index contributed by atoms with van der Waals surface area (Å²) in [6.45, 7) is 3.76. The summed E-state index contributed by atoms with van der Waals surface area (Å²) in [6.07, 6.45) is 1.58. The average molecular weight is 431 g/mol. The van der Waals surface area contributed by atoms with E-state index in [4.69, 9.17) is 0 Å². The summed E-state index contributed by atoms with van der Waals surface area (Å²) in [5.41, 5.74) is 2.39. The fraction of sp³-hybridized carbons (Fsp3) is 0.111. The first-order chi connectivity index (χ1) is 12.4. The molecule has 0 saturated heterocycles. The summed E-state index contributed by atoms with van der Waals surface area (Å²) < 4.78 is 29.8. The minimum atomic E-state index is -3.68. The van der Waals surface area contributed by atoms with Crippen LogP contribution < -0.4 is 0 Å². The lowest BCUT2D eigenvalue weighted by Gasteiger charge is -2.10. The lowest BCUT2D eigenvalue weighted by atomic mass is 10.2. The maximum absolute atomic E-state index is 13.1. The highest BCUT2D eigenvalue weighted by Crippen LogP contribution is 2.26. The van der Waals surface area contributed by atoms with Crippen molar-refractivity contribution in [2.75, 3.05) is 0 Å². The number of hydrogen-bond donors (Lipinski definition) is 0. The summed E-state index contributed by atoms with van der Waals surface area (Å²) >= 11 is 3.37. The third-order valence-electron chi connectivity index (χ3n) is 4.26. The SMILES string of the molecule is Cc1ccc(S(=O)(=O)n2ccc3ccc(-n4c(C)nnc4Br)cc32)cc1. The molecule has 0 radical (unpaired) electrons. The molecule has 0 N–H and O–H groups in total. The molecule has 0 saturated carbocycles. The van der Waals surface area contributed by atoms with E-state index in [2.05, 4.69) is 26.1 Å². The van der Waals surface area contributed by atoms with E-state index in [0.29, 0.717) is 16.1 Å². The van der Waals surface area contributed by atoms with Gasteiger partial charge in [0.25, 0.3) is 10.0 Å². The van der Waals surface area contributed by atoms with Crippen molar-refractivity contribution in [2.45, 2.75) is 18.7 Å². The van der Waals surface area contributed by atoms with E-state index in [0.717, 1.165) is 16.6 Å². The topological polar surface area (TPSA) is 69.8 Å². The molecule has 0 unspecified atom stereocenters. The molecule has 132 valence electrons. The van der Waals surface area contributed by atoms with E-state index in [1.807, 2.05) is 36.6 Å². The summed E-state index contributed by atoms with van der Waals surface area (Å²) in [5.74, 6) is 0.704. The highest BCUT2D eigenvalue weighted by molar-refractivity contribution is 9.10. The van der Waals surface area contributed by atoms with E-state index in [1.165, 1.54) is 3.97 Å². The Morgan fingerprint density at radius 1 is 0.962 bits per heavy atom. The number of benzene rings is 2. The first-order valence-corrected chi connectivity index (χ1v) is 10.1. The fourth-order valence-corrected chi connectivity index (χ4v) is 4.78. The van der Waals surface area contributed by atoms with Gasteiger partial charge in [0, 0.05) is 11.6 Å². The molecular weight excluding hydrogens is 416 g/mol. The van der Waals surface area contributed by atoms with Gasteiger partial charge < -0.3 is 0 Å². The highest BCUT2D eigenvalue weighted by atomic mass is 79.9. The van der Waals surface area contributed by atoms with Crippen molar-refractivity contribution in [1.29, 1.82) is 0 Å². The number of rotatable bonds is 3. The molecule has 0 fully saturated rings. The molecule has 26 heavy (non-hydrogen) atoms. The van der Waals surface area contributed by atoms with Crippen molar-refractivity contribution in [3.05, 3.63) is 70.8 Å². The maximum atomic E-state index is 13.1. The lowest BCUT2D eigenvalue weighted by molar-refractivity contribution is 0.589. The van der Waals surface area contributed by atoms with E-state index in [9.17, 15) is 8.42 Å². The molecule has 0 atom stereocenters. The van der Waals surface area contributed by atoms with Gasteiger partial charge in [0.05, 0.1) is 16.1 Å². The quantitative estimate of drug-likeness (QED) is 0.494. The van der Waals surface area contributed by atoms with Crippen LogP contribution in [-0.4, -0.2) is 27.2 Å². The zero-order valence-electron chi connectivity index (χ0n) is 14.1. The molecule has 0 amide bonds. The van der Waals surface area contributed by atoms with Crippen LogP contribution in [0.1, 0.15) is 11.4 Å². The lowest BCUT2D eigenvalue weighted by Crippen LogP contribution is -2.12. The Balaban J connectivity index is 1.92. The van der Waals surface area contributed by atoms with Gasteiger partial charge in [0.15, 0.2) is 0 Å². The van der Waals surface area contributed by atoms with Crippen LogP contribution in [0.5, 0.6) is 0 Å². The van der Waals surface area contributed by atoms with Crippen LogP contribution in [0.3, 0.4) is 0 Å². The zero-order chi connectivity index (χ0) is 18.5. The van der Waals surface area contributed by atoms with Crippen LogP contribution in [0.25, 0.3) is 16.6 Å². The molecular formula is C18H15BrN4O2S. The number of hydrogen-bond acceptors (Lipinski definition) is 4. The van der Waals surface area contributed by atoms with E-state index in [-0.39, 0.29) is 4.90 Å². The summed E-state index contributed by atoms with van der Waals surface area (Å²) in [7, 11) is -3.68. The Morgan fingerprint density at radius 3 is 2.35 bits per heavy atom. The smallest absolute Gasteiger partial charge is 0.268 e. The van der Waals surface area contributed by atoms with Gasteiger partial charge >= 0.3 is 0 Å². The van der Waals surface area contributed by atoms with Gasteiger partial charge in [-0.1, -0.05) is 23.8 Å². The van der Waals surface area contributed by atoms with Gasteiger partial charge in [-0.25, -0.2) is 12.4 Å². The van der Waals surface area contributed by atoms with E-state index in [1.54, 1.807) is 36.5 Å². The first kappa shape index (κ1) is 17.0. The maximum Gasteiger partial charge on any atom is 0.268 e. The van der Waals surface area contributed by atoms with Gasteiger partial charge in [0.1, 0.15) is 5.82 Å². The number of nitrogens with zero attached hydrogens (tertiary/aromatic N) is 4. The molecule has 2 heterocycles. The van der Waals surface area contributed by atoms with Gasteiger partial charge in [-0.3, -0.25) is 4.57 Å². The number of halogens is 1. The third-order valence-corrected chi connectivity index (χ3v) is 6.48. The number of aromatic nitrogens is 4. The van der Waals surface area contributed by atoms with E-state index < -0.39 is 10.0 Å². The van der Waals surface area contributed by atoms with Crippen molar-refractivity contribution >= 4 is 36.9 Å². The number of aryl methyl sites for hydroxylation is 2. The summed E-state index contributed by atoms with van der Waals surface area (Å²) in [5, 5.41) is 8.86. The molecule has 8 heteroatoms. The summed E-state index contributed by atoms with van der Waals surface area (Å²) in [6, 6.07) is 14.2. The second-order valence-corrected chi connectivity index (χ2v) is 8.55. The predicted molar refractivity (Wildman–Crippen MR) is 103 cm³/mol. The minimum Gasteiger partial charge on any atom is -0.274 e. The van der Waals surface area contributed by atoms with Crippen LogP contribution in [0.2, 0.25) is 0 Å². The van der Waals surface area contributed by atoms with E-state index >= 15 is 0 Å². The first-order valence-electron chi connectivity index (χ1n) is 7.89. The van der Waals surface area contributed by atoms with Crippen molar-refractivity contribution < 1.29 is 8.42 Å². The molecule has 0 bridgehead atoms. The van der Waals surface area contributed by atoms with Crippen LogP contribution in [-0.2, 0) is 10.0 Å². The minimum absolute atomic E-state index is 0.257. The highest BCUT2D eigenvalue weighted by Gasteiger charge is 2.19. The van der Waals surface area contributed by atoms with Gasteiger partial charge in [-0.15, -0.1) is 10.2 Å². The molecule has 2 aromatic carbocycles. The Hall–Kier alpha value is -2.45. The van der Waals surface area contributed by atoms with Crippen LogP contribution >= 0.6 is 15.9 Å². The molecule has 6 nitrogen and oxygen atoms in total. The van der Waals surface area contributed by atoms with Crippen molar-refractivity contribution in [1.82, 2.24) is 18.7 Å². The van der Waals surface area contributed by atoms with Gasteiger partial charge in [-0.2, -0.15) is 0 Å². The summed E-state index contributed by atoms with van der Waals surface area (Å²) in [4.78, 5) is 0.257. The Bertz CT molecular complexity index is 1200. The molecule has 4 rings (SSSR count). The van der Waals surface area contributed by atoms with Crippen molar-refractivity contribution in [3.8, 4) is 5.69 Å². The molecule has 0 aliphatic rings. The van der Waals surface area contributed by atoms with Gasteiger partial charge in [-0.05, 0) is 60.1 Å². The van der Waals surface area contributed by atoms with Crippen LogP contribution in [0, 0.1) is 13.8 Å². The Labute approximate surface area is 159 Å². The molecule has 2 aromatic heterocycles. The van der Waals surface area contributed by atoms with Crippen molar-refractivity contribution in [2.24, 2.45) is 0 Å². The molecule has 4 aromatic rings. The second-order valence-electron chi connectivity index (χ2n) is 6.02. The fourth-order valence-electron chi connectivity index (χ4n) is 2.89. The second kappa shape index (κ2) is 6.07. The van der Waals surface area contributed by atoms with Crippen LogP contribution in [0.15, 0.2) is 64.4 Å². The zero-order valence-corrected chi connectivity index (χ0v) is 16.5. The molecule has 0 aliphatic carbocycles.